The van der Waals surface area contributed by atoms with Crippen LogP contribution >= 0.6 is 0 Å². The number of fused-ring (bicyclic) bond motifs is 3. The summed E-state index contributed by atoms with van der Waals surface area (Å²) in [5.41, 5.74) is 0.675. The van der Waals surface area contributed by atoms with E-state index in [0.717, 1.165) is 17.5 Å². The van der Waals surface area contributed by atoms with Crippen molar-refractivity contribution >= 4 is 29.7 Å². The molecule has 3 heterocycles. The van der Waals surface area contributed by atoms with Gasteiger partial charge in [-0.15, -0.1) is 0 Å². The predicted octanol–water partition coefficient (Wildman–Crippen LogP) is 4.51. The molecule has 0 bridgehead atoms. The van der Waals surface area contributed by atoms with Crippen molar-refractivity contribution in [2.75, 3.05) is 6.54 Å². The van der Waals surface area contributed by atoms with Crippen LogP contribution in [0.3, 0.4) is 0 Å². The summed E-state index contributed by atoms with van der Waals surface area (Å²) < 4.78 is 44.1. The molecule has 3 amide bonds. The van der Waals surface area contributed by atoms with E-state index in [1.807, 2.05) is 36.4 Å². The van der Waals surface area contributed by atoms with Gasteiger partial charge in [-0.25, -0.2) is 4.79 Å². The highest BCUT2D eigenvalue weighted by molar-refractivity contribution is 5.96. The van der Waals surface area contributed by atoms with Crippen LogP contribution in [0, 0.1) is 11.3 Å². The molecule has 0 aromatic heterocycles. The van der Waals surface area contributed by atoms with Gasteiger partial charge in [-0.3, -0.25) is 24.1 Å². The van der Waals surface area contributed by atoms with Crippen molar-refractivity contribution in [1.29, 1.82) is 0 Å². The van der Waals surface area contributed by atoms with Crippen molar-refractivity contribution in [3.8, 4) is 0 Å². The lowest BCUT2D eigenvalue weighted by molar-refractivity contribution is -0.148. The van der Waals surface area contributed by atoms with E-state index in [4.69, 9.17) is 4.74 Å². The Morgan fingerprint density at radius 2 is 1.78 bits per heavy atom. The summed E-state index contributed by atoms with van der Waals surface area (Å²) in [6.07, 6.45) is -1.88. The number of carbonyl (C=O) groups is 5. The fourth-order valence-electron chi connectivity index (χ4n) is 6.68. The molecule has 13 heteroatoms. The summed E-state index contributed by atoms with van der Waals surface area (Å²) in [5.74, 6) is -3.51. The number of ether oxygens (including phenoxy) is 1. The minimum absolute atomic E-state index is 0.0535. The summed E-state index contributed by atoms with van der Waals surface area (Å²) in [7, 11) is 0. The Labute approximate surface area is 258 Å². The van der Waals surface area contributed by atoms with E-state index in [1.165, 1.54) is 9.80 Å². The highest BCUT2D eigenvalue weighted by Gasteiger charge is 2.61. The lowest BCUT2D eigenvalue weighted by atomic mass is 9.92. The number of ketones is 1. The van der Waals surface area contributed by atoms with Crippen molar-refractivity contribution in [2.24, 2.45) is 11.3 Å². The summed E-state index contributed by atoms with van der Waals surface area (Å²) in [6.45, 7) is 0.518. The number of carbonyl (C=O) groups excluding carboxylic acids is 4. The minimum atomic E-state index is -4.54. The molecule has 0 spiro atoms. The normalized spacial score (nSPS) is 29.5. The summed E-state index contributed by atoms with van der Waals surface area (Å²) in [6, 6.07) is 5.26. The van der Waals surface area contributed by atoms with Crippen molar-refractivity contribution in [2.45, 2.75) is 102 Å². The number of Topliss-reactive ketones (excluding diaryl/α,β-unsaturated/α-hetero) is 1. The van der Waals surface area contributed by atoms with Crippen molar-refractivity contribution in [3.63, 3.8) is 0 Å². The second-order valence-electron chi connectivity index (χ2n) is 12.6. The second kappa shape index (κ2) is 13.2. The first-order chi connectivity index (χ1) is 21.4. The van der Waals surface area contributed by atoms with Gasteiger partial charge in [0.15, 0.2) is 5.78 Å². The molecular formula is C32H38F3N3O7. The maximum Gasteiger partial charge on any atom is 0.410 e. The van der Waals surface area contributed by atoms with Gasteiger partial charge in [0.2, 0.25) is 11.8 Å². The maximum atomic E-state index is 13.9. The van der Waals surface area contributed by atoms with E-state index in [0.29, 0.717) is 32.4 Å². The molecule has 4 aliphatic rings. The number of nitrogens with one attached hydrogen (secondary N) is 1. The average Bonchev–Trinajstić information content (AvgIpc) is 3.30. The molecule has 1 aromatic rings. The van der Waals surface area contributed by atoms with E-state index in [2.05, 4.69) is 5.32 Å². The lowest BCUT2D eigenvalue weighted by Gasteiger charge is -2.29. The number of hydrogen-bond donors (Lipinski definition) is 2. The van der Waals surface area contributed by atoms with Gasteiger partial charge in [-0.05, 0) is 42.7 Å². The van der Waals surface area contributed by atoms with Crippen LogP contribution in [0.25, 0.3) is 0 Å². The lowest BCUT2D eigenvalue weighted by Crippen LogP contribution is -2.52. The Kier molecular flexibility index (Phi) is 9.54. The first kappa shape index (κ1) is 32.5. The number of nitrogens with zero attached hydrogens (tertiary/aromatic N) is 2. The molecule has 1 aromatic carbocycles. The number of rotatable bonds is 5. The number of allylic oxidation sites excluding steroid dienone is 2. The third-order valence-electron chi connectivity index (χ3n) is 9.33. The molecule has 0 unspecified atom stereocenters. The number of halogens is 3. The quantitative estimate of drug-likeness (QED) is 0.456. The van der Waals surface area contributed by atoms with Crippen molar-refractivity contribution < 1.29 is 47.0 Å². The van der Waals surface area contributed by atoms with Gasteiger partial charge in [0.1, 0.15) is 12.1 Å². The summed E-state index contributed by atoms with van der Waals surface area (Å²) in [4.78, 5) is 68.4. The van der Waals surface area contributed by atoms with Crippen LogP contribution in [-0.4, -0.2) is 75.5 Å². The number of carboxylic acids is 1. The van der Waals surface area contributed by atoms with Crippen LogP contribution in [0.15, 0.2) is 36.4 Å². The fraction of sp³-hybridized carbons (Fsp3) is 0.594. The monoisotopic (exact) mass is 633 g/mol. The molecule has 2 fully saturated rings. The number of amides is 3. The molecule has 1 aliphatic carbocycles. The SMILES string of the molecule is O=C(CCC(F)(F)F)N[C@H]1CCCCC/C=C\[C@@H]2C[C@@]2(C(=O)O)CC(=O)[C@@H]2C[C@@H](OC(=O)N3Cc4ccccc4C3)CN2C1=O. The first-order valence-electron chi connectivity index (χ1n) is 15.5. The molecular weight excluding hydrogens is 595 g/mol. The standard InChI is InChI=1S/C32H38F3N3O7/c33-32(34,35)13-12-27(40)36-24-11-5-3-1-2-4-10-22-15-31(22,29(42)43)16-26(39)25-14-23(19-38(25)28(24)41)45-30(44)37-17-20-8-6-7-9-21(20)18-37/h4,6-10,22-25H,1-3,5,11-19H2,(H,36,40)(H,42,43)/b10-4-/t22-,23-,24+,25+,31-/m1/s1. The number of alkyl halides is 3. The number of aliphatic carboxylic acids is 1. The molecule has 10 nitrogen and oxygen atoms in total. The van der Waals surface area contributed by atoms with Crippen LogP contribution in [0.5, 0.6) is 0 Å². The Morgan fingerprint density at radius 1 is 1.07 bits per heavy atom. The summed E-state index contributed by atoms with van der Waals surface area (Å²) in [5, 5.41) is 12.5. The topological polar surface area (TPSA) is 133 Å². The molecule has 5 atom stereocenters. The molecule has 0 radical (unpaired) electrons. The van der Waals surface area contributed by atoms with Crippen LogP contribution < -0.4 is 5.32 Å². The third-order valence-corrected chi connectivity index (χ3v) is 9.33. The zero-order chi connectivity index (χ0) is 32.4. The third kappa shape index (κ3) is 7.67. The number of carboxylic acid groups (broad SMARTS) is 1. The molecule has 1 saturated heterocycles. The van der Waals surface area contributed by atoms with Crippen molar-refractivity contribution in [3.05, 3.63) is 47.5 Å². The minimum Gasteiger partial charge on any atom is -0.481 e. The van der Waals surface area contributed by atoms with E-state index in [9.17, 15) is 42.3 Å². The molecule has 2 N–H and O–H groups in total. The van der Waals surface area contributed by atoms with Gasteiger partial charge in [0.25, 0.3) is 0 Å². The van der Waals surface area contributed by atoms with E-state index in [-0.39, 0.29) is 38.1 Å². The molecule has 244 valence electrons. The smallest absolute Gasteiger partial charge is 0.410 e. The van der Waals surface area contributed by atoms with Gasteiger partial charge < -0.3 is 20.1 Å². The fourth-order valence-corrected chi connectivity index (χ4v) is 6.68. The van der Waals surface area contributed by atoms with Crippen molar-refractivity contribution in [1.82, 2.24) is 15.1 Å². The van der Waals surface area contributed by atoms with E-state index >= 15 is 0 Å². The molecule has 45 heavy (non-hydrogen) atoms. The van der Waals surface area contributed by atoms with Gasteiger partial charge in [-0.1, -0.05) is 49.3 Å². The Balaban J connectivity index is 1.35. The van der Waals surface area contributed by atoms with Gasteiger partial charge >= 0.3 is 18.2 Å². The van der Waals surface area contributed by atoms with Gasteiger partial charge in [-0.2, -0.15) is 13.2 Å². The molecule has 3 aliphatic heterocycles. The van der Waals surface area contributed by atoms with Crippen LogP contribution in [0.4, 0.5) is 18.0 Å². The highest BCUT2D eigenvalue weighted by atomic mass is 19.4. The Hall–Kier alpha value is -3.90. The number of benzene rings is 1. The Bertz CT molecular complexity index is 1340. The number of hydrogen-bond acceptors (Lipinski definition) is 6. The zero-order valence-corrected chi connectivity index (χ0v) is 24.9. The highest BCUT2D eigenvalue weighted by Crippen LogP contribution is 2.57. The van der Waals surface area contributed by atoms with Crippen LogP contribution in [0.1, 0.15) is 75.3 Å². The molecule has 1 saturated carbocycles. The average molecular weight is 634 g/mol. The predicted molar refractivity (Wildman–Crippen MR) is 153 cm³/mol. The van der Waals surface area contributed by atoms with E-state index < -0.39 is 72.3 Å². The maximum absolute atomic E-state index is 13.9. The summed E-state index contributed by atoms with van der Waals surface area (Å²) >= 11 is 0. The van der Waals surface area contributed by atoms with Gasteiger partial charge in [0.05, 0.1) is 24.4 Å². The molecule has 5 rings (SSSR count). The van der Waals surface area contributed by atoms with E-state index in [1.54, 1.807) is 0 Å². The zero-order valence-electron chi connectivity index (χ0n) is 24.9. The van der Waals surface area contributed by atoms with Gasteiger partial charge in [0, 0.05) is 32.4 Å². The van der Waals surface area contributed by atoms with Crippen LogP contribution in [-0.2, 0) is 37.0 Å². The second-order valence-corrected chi connectivity index (χ2v) is 12.6. The largest absolute Gasteiger partial charge is 0.481 e. The van der Waals surface area contributed by atoms with Crippen LogP contribution in [0.2, 0.25) is 0 Å². The first-order valence-corrected chi connectivity index (χ1v) is 15.5. The Morgan fingerprint density at radius 3 is 2.44 bits per heavy atom.